The van der Waals surface area contributed by atoms with Crippen LogP contribution >= 0.6 is 12.4 Å². The summed E-state index contributed by atoms with van der Waals surface area (Å²) in [6, 6.07) is 10.8. The maximum Gasteiger partial charge on any atom is 0.224 e. The van der Waals surface area contributed by atoms with Crippen molar-refractivity contribution in [2.24, 2.45) is 5.73 Å². The zero-order valence-electron chi connectivity index (χ0n) is 14.9. The van der Waals surface area contributed by atoms with Crippen molar-refractivity contribution in [2.45, 2.75) is 12.8 Å². The molecule has 2 aromatic carbocycles. The zero-order valence-corrected chi connectivity index (χ0v) is 15.7. The number of rotatable bonds is 9. The highest BCUT2D eigenvalue weighted by Crippen LogP contribution is 2.19. The maximum atomic E-state index is 13.6. The van der Waals surface area contributed by atoms with E-state index >= 15 is 0 Å². The van der Waals surface area contributed by atoms with Crippen LogP contribution in [0.3, 0.4) is 0 Å². The Balaban J connectivity index is 0.00000364. The van der Waals surface area contributed by atoms with Gasteiger partial charge in [-0.15, -0.1) is 12.4 Å². The fourth-order valence-corrected chi connectivity index (χ4v) is 2.25. The van der Waals surface area contributed by atoms with E-state index < -0.39 is 5.82 Å². The van der Waals surface area contributed by atoms with Gasteiger partial charge in [0.05, 0.1) is 7.11 Å². The van der Waals surface area contributed by atoms with Crippen molar-refractivity contribution in [1.29, 1.82) is 0 Å². The molecule has 0 saturated carbocycles. The predicted molar refractivity (Wildman–Crippen MR) is 103 cm³/mol. The number of nitrogens with two attached hydrogens (primary N) is 1. The Morgan fingerprint density at radius 2 is 1.81 bits per heavy atom. The first-order valence-electron chi connectivity index (χ1n) is 8.13. The van der Waals surface area contributed by atoms with Crippen molar-refractivity contribution in [1.82, 2.24) is 0 Å². The molecule has 0 bridgehead atoms. The monoisotopic (exact) mass is 396 g/mol. The van der Waals surface area contributed by atoms with Crippen molar-refractivity contribution >= 4 is 29.8 Å². The first-order valence-corrected chi connectivity index (χ1v) is 8.13. The molecule has 0 heterocycles. The Hall–Kier alpha value is -2.64. The number of carbonyl (C=O) groups excluding carboxylic acids is 2. The number of amides is 1. The van der Waals surface area contributed by atoms with Crippen molar-refractivity contribution < 1.29 is 23.5 Å². The van der Waals surface area contributed by atoms with Gasteiger partial charge in [-0.2, -0.15) is 0 Å². The molecule has 146 valence electrons. The Morgan fingerprint density at radius 1 is 1.11 bits per heavy atom. The van der Waals surface area contributed by atoms with Gasteiger partial charge in [0.1, 0.15) is 12.4 Å². The molecule has 0 saturated heterocycles. The summed E-state index contributed by atoms with van der Waals surface area (Å²) in [6.07, 6.45) is -0.0206. The van der Waals surface area contributed by atoms with E-state index in [1.807, 2.05) is 0 Å². The molecule has 0 atom stereocenters. The first-order chi connectivity index (χ1) is 12.5. The van der Waals surface area contributed by atoms with Gasteiger partial charge in [-0.3, -0.25) is 9.59 Å². The van der Waals surface area contributed by atoms with Crippen molar-refractivity contribution in [3.63, 3.8) is 0 Å². The van der Waals surface area contributed by atoms with Crippen molar-refractivity contribution in [3.05, 3.63) is 53.8 Å². The minimum atomic E-state index is -0.611. The zero-order chi connectivity index (χ0) is 18.9. The first kappa shape index (κ1) is 22.4. The Kier molecular flexibility index (Phi) is 9.25. The molecule has 0 aliphatic carbocycles. The van der Waals surface area contributed by atoms with Crippen LogP contribution in [-0.4, -0.2) is 32.0 Å². The SMILES string of the molecule is COc1ccc(C(=O)CCC(=O)Nc2ccc(OCCN)cc2)cc1F.Cl. The molecule has 0 fully saturated rings. The molecular formula is C19H22ClFN2O4. The summed E-state index contributed by atoms with van der Waals surface area (Å²) in [5, 5.41) is 2.70. The second-order valence-electron chi connectivity index (χ2n) is 5.48. The van der Waals surface area contributed by atoms with E-state index in [0.29, 0.717) is 24.6 Å². The molecule has 3 N–H and O–H groups in total. The summed E-state index contributed by atoms with van der Waals surface area (Å²) in [5.41, 5.74) is 6.16. The number of ketones is 1. The minimum Gasteiger partial charge on any atom is -0.494 e. The van der Waals surface area contributed by atoms with E-state index in [0.717, 1.165) is 6.07 Å². The van der Waals surface area contributed by atoms with Gasteiger partial charge in [-0.25, -0.2) is 4.39 Å². The average molecular weight is 397 g/mol. The molecule has 1 amide bonds. The largest absolute Gasteiger partial charge is 0.494 e. The third kappa shape index (κ3) is 6.88. The van der Waals surface area contributed by atoms with E-state index in [4.69, 9.17) is 15.2 Å². The second-order valence-corrected chi connectivity index (χ2v) is 5.48. The van der Waals surface area contributed by atoms with Crippen LogP contribution in [0.25, 0.3) is 0 Å². The lowest BCUT2D eigenvalue weighted by atomic mass is 10.1. The lowest BCUT2D eigenvalue weighted by molar-refractivity contribution is -0.116. The summed E-state index contributed by atoms with van der Waals surface area (Å²) in [4.78, 5) is 24.1. The van der Waals surface area contributed by atoms with Crippen LogP contribution in [0.15, 0.2) is 42.5 Å². The molecular weight excluding hydrogens is 375 g/mol. The predicted octanol–water partition coefficient (Wildman–Crippen LogP) is 3.20. The number of hydrogen-bond acceptors (Lipinski definition) is 5. The van der Waals surface area contributed by atoms with Crippen LogP contribution in [0.2, 0.25) is 0 Å². The third-order valence-electron chi connectivity index (χ3n) is 3.58. The number of halogens is 2. The fourth-order valence-electron chi connectivity index (χ4n) is 2.25. The normalized spacial score (nSPS) is 9.89. The molecule has 0 unspecified atom stereocenters. The Labute approximate surface area is 163 Å². The van der Waals surface area contributed by atoms with E-state index in [-0.39, 0.29) is 48.3 Å². The molecule has 2 rings (SSSR count). The summed E-state index contributed by atoms with van der Waals surface area (Å²) >= 11 is 0. The fraction of sp³-hybridized carbons (Fsp3) is 0.263. The number of nitrogens with one attached hydrogen (secondary N) is 1. The summed E-state index contributed by atoms with van der Waals surface area (Å²) in [6.45, 7) is 0.838. The van der Waals surface area contributed by atoms with Gasteiger partial charge in [0.2, 0.25) is 5.91 Å². The summed E-state index contributed by atoms with van der Waals surface area (Å²) < 4.78 is 23.8. The van der Waals surface area contributed by atoms with Crippen molar-refractivity contribution in [2.75, 3.05) is 25.6 Å². The Bertz CT molecular complexity index is 769. The van der Waals surface area contributed by atoms with Crippen LogP contribution in [0.1, 0.15) is 23.2 Å². The number of Topliss-reactive ketones (excluding diaryl/α,β-unsaturated/α-hetero) is 1. The molecule has 27 heavy (non-hydrogen) atoms. The van der Waals surface area contributed by atoms with Gasteiger partial charge in [0.25, 0.3) is 0 Å². The van der Waals surface area contributed by atoms with Crippen molar-refractivity contribution in [3.8, 4) is 11.5 Å². The quantitative estimate of drug-likeness (QED) is 0.635. The second kappa shape index (κ2) is 11.2. The van der Waals surface area contributed by atoms with Gasteiger partial charge in [0.15, 0.2) is 17.3 Å². The third-order valence-corrected chi connectivity index (χ3v) is 3.58. The number of ether oxygens (including phenoxy) is 2. The van der Waals surface area contributed by atoms with Gasteiger partial charge >= 0.3 is 0 Å². The molecule has 8 heteroatoms. The molecule has 0 spiro atoms. The van der Waals surface area contributed by atoms with E-state index in [2.05, 4.69) is 5.32 Å². The van der Waals surface area contributed by atoms with Crippen LogP contribution in [0, 0.1) is 5.82 Å². The van der Waals surface area contributed by atoms with Crippen LogP contribution in [0.4, 0.5) is 10.1 Å². The standard InChI is InChI=1S/C19H21FN2O4.ClH/c1-25-18-8-2-13(12-16(18)20)17(23)7-9-19(24)22-14-3-5-15(6-4-14)26-11-10-21;/h2-6,8,12H,7,9-11,21H2,1H3,(H,22,24);1H. The lowest BCUT2D eigenvalue weighted by Gasteiger charge is -2.08. The summed E-state index contributed by atoms with van der Waals surface area (Å²) in [5.74, 6) is -0.502. The number of methoxy groups -OCH3 is 1. The average Bonchev–Trinajstić information content (AvgIpc) is 2.65. The van der Waals surface area contributed by atoms with Crippen LogP contribution in [0.5, 0.6) is 11.5 Å². The number of anilines is 1. The highest BCUT2D eigenvalue weighted by atomic mass is 35.5. The smallest absolute Gasteiger partial charge is 0.224 e. The van der Waals surface area contributed by atoms with E-state index in [1.165, 1.54) is 19.2 Å². The maximum absolute atomic E-state index is 13.6. The number of carbonyl (C=O) groups is 2. The minimum absolute atomic E-state index is 0. The van der Waals surface area contributed by atoms with Gasteiger partial charge in [0, 0.05) is 30.6 Å². The molecule has 0 aliphatic heterocycles. The number of hydrogen-bond donors (Lipinski definition) is 2. The topological polar surface area (TPSA) is 90.7 Å². The van der Waals surface area contributed by atoms with Gasteiger partial charge in [-0.05, 0) is 42.5 Å². The highest BCUT2D eigenvalue weighted by molar-refractivity contribution is 6.00. The molecule has 6 nitrogen and oxygen atoms in total. The highest BCUT2D eigenvalue weighted by Gasteiger charge is 2.12. The number of benzene rings is 2. The van der Waals surface area contributed by atoms with Gasteiger partial charge in [-0.1, -0.05) is 0 Å². The summed E-state index contributed by atoms with van der Waals surface area (Å²) in [7, 11) is 1.35. The molecule has 0 aliphatic rings. The Morgan fingerprint density at radius 3 is 2.41 bits per heavy atom. The van der Waals surface area contributed by atoms with E-state index in [1.54, 1.807) is 24.3 Å². The van der Waals surface area contributed by atoms with E-state index in [9.17, 15) is 14.0 Å². The molecule has 0 radical (unpaired) electrons. The van der Waals surface area contributed by atoms with Crippen LogP contribution < -0.4 is 20.5 Å². The lowest BCUT2D eigenvalue weighted by Crippen LogP contribution is -2.14. The van der Waals surface area contributed by atoms with Gasteiger partial charge < -0.3 is 20.5 Å². The molecule has 0 aromatic heterocycles. The van der Waals surface area contributed by atoms with Crippen LogP contribution in [-0.2, 0) is 4.79 Å². The molecule has 2 aromatic rings.